The molecule has 1 fully saturated rings. The molecule has 1 N–H and O–H groups in total. The van der Waals surface area contributed by atoms with Gasteiger partial charge in [-0.3, -0.25) is 4.79 Å². The Hall–Kier alpha value is -1.94. The molecule has 0 saturated carbocycles. The third kappa shape index (κ3) is 5.28. The highest BCUT2D eigenvalue weighted by atomic mass is 32.2. The number of hydrogen-bond donors (Lipinski definition) is 1. The standard InChI is InChI=1S/C22H28N2OS/c1-17-12-14-24(15-13-17)20-10-8-19(9-11-20)18(2)23-22(25)16-26-21-6-4-3-5-7-21/h3-11,17-18H,12-16H2,1-2H3,(H,23,25)/t18-/m0/s1. The van der Waals surface area contributed by atoms with Crippen LogP contribution in [0.2, 0.25) is 0 Å². The molecule has 1 heterocycles. The van der Waals surface area contributed by atoms with Crippen LogP contribution in [0, 0.1) is 5.92 Å². The van der Waals surface area contributed by atoms with E-state index < -0.39 is 0 Å². The molecule has 2 aromatic rings. The summed E-state index contributed by atoms with van der Waals surface area (Å²) < 4.78 is 0. The van der Waals surface area contributed by atoms with Crippen LogP contribution in [-0.2, 0) is 4.79 Å². The lowest BCUT2D eigenvalue weighted by atomic mass is 9.98. The summed E-state index contributed by atoms with van der Waals surface area (Å²) in [4.78, 5) is 15.8. The number of carbonyl (C=O) groups excluding carboxylic acids is 1. The Balaban J connectivity index is 1.49. The van der Waals surface area contributed by atoms with Gasteiger partial charge in [0.05, 0.1) is 11.8 Å². The molecule has 1 saturated heterocycles. The monoisotopic (exact) mass is 368 g/mol. The largest absolute Gasteiger partial charge is 0.372 e. The molecule has 0 unspecified atom stereocenters. The maximum Gasteiger partial charge on any atom is 0.230 e. The minimum Gasteiger partial charge on any atom is -0.372 e. The van der Waals surface area contributed by atoms with Gasteiger partial charge in [0, 0.05) is 23.7 Å². The molecule has 0 aliphatic carbocycles. The second kappa shape index (κ2) is 9.13. The van der Waals surface area contributed by atoms with Crippen molar-refractivity contribution in [1.82, 2.24) is 5.32 Å². The molecule has 3 nitrogen and oxygen atoms in total. The number of anilines is 1. The molecule has 1 amide bonds. The topological polar surface area (TPSA) is 32.3 Å². The van der Waals surface area contributed by atoms with Crippen molar-refractivity contribution < 1.29 is 4.79 Å². The minimum atomic E-state index is 0.0225. The van der Waals surface area contributed by atoms with E-state index in [1.807, 2.05) is 37.3 Å². The van der Waals surface area contributed by atoms with Crippen LogP contribution in [-0.4, -0.2) is 24.7 Å². The van der Waals surface area contributed by atoms with Crippen LogP contribution < -0.4 is 10.2 Å². The number of nitrogens with zero attached hydrogens (tertiary/aromatic N) is 1. The van der Waals surface area contributed by atoms with Crippen LogP contribution in [0.1, 0.15) is 38.3 Å². The number of carbonyl (C=O) groups is 1. The average Bonchev–Trinajstić information content (AvgIpc) is 2.68. The van der Waals surface area contributed by atoms with Crippen molar-refractivity contribution >= 4 is 23.4 Å². The van der Waals surface area contributed by atoms with Crippen molar-refractivity contribution in [2.75, 3.05) is 23.7 Å². The van der Waals surface area contributed by atoms with Gasteiger partial charge in [-0.25, -0.2) is 0 Å². The number of thioether (sulfide) groups is 1. The summed E-state index contributed by atoms with van der Waals surface area (Å²) in [5.74, 6) is 1.35. The van der Waals surface area contributed by atoms with Crippen LogP contribution >= 0.6 is 11.8 Å². The maximum atomic E-state index is 12.2. The average molecular weight is 369 g/mol. The van der Waals surface area contributed by atoms with E-state index in [-0.39, 0.29) is 11.9 Å². The molecular formula is C22H28N2OS. The number of nitrogens with one attached hydrogen (secondary N) is 1. The normalized spacial score (nSPS) is 16.3. The zero-order valence-corrected chi connectivity index (χ0v) is 16.5. The van der Waals surface area contributed by atoms with E-state index in [1.165, 1.54) is 18.5 Å². The second-order valence-corrected chi connectivity index (χ2v) is 8.20. The first-order valence-electron chi connectivity index (χ1n) is 9.44. The highest BCUT2D eigenvalue weighted by Gasteiger charge is 2.16. The van der Waals surface area contributed by atoms with E-state index in [0.717, 1.165) is 29.5 Å². The Kier molecular flexibility index (Phi) is 6.62. The van der Waals surface area contributed by atoms with Crippen molar-refractivity contribution in [2.45, 2.75) is 37.6 Å². The van der Waals surface area contributed by atoms with Gasteiger partial charge in [-0.05, 0) is 55.5 Å². The Labute approximate surface area is 161 Å². The maximum absolute atomic E-state index is 12.2. The highest BCUT2D eigenvalue weighted by Crippen LogP contribution is 2.25. The first kappa shape index (κ1) is 18.8. The molecule has 3 rings (SSSR count). The van der Waals surface area contributed by atoms with Crippen molar-refractivity contribution in [3.8, 4) is 0 Å². The second-order valence-electron chi connectivity index (χ2n) is 7.15. The lowest BCUT2D eigenvalue weighted by Crippen LogP contribution is -2.32. The predicted molar refractivity (Wildman–Crippen MR) is 111 cm³/mol. The Morgan fingerprint density at radius 2 is 1.77 bits per heavy atom. The minimum absolute atomic E-state index is 0.0225. The molecule has 1 aliphatic rings. The SMILES string of the molecule is CC1CCN(c2ccc([C@H](C)NC(=O)CSc3ccccc3)cc2)CC1. The van der Waals surface area contributed by atoms with Crippen molar-refractivity contribution in [3.63, 3.8) is 0 Å². The Morgan fingerprint density at radius 1 is 1.12 bits per heavy atom. The molecule has 2 aromatic carbocycles. The van der Waals surface area contributed by atoms with E-state index >= 15 is 0 Å². The summed E-state index contributed by atoms with van der Waals surface area (Å²) in [6, 6.07) is 18.7. The van der Waals surface area contributed by atoms with Gasteiger partial charge in [0.15, 0.2) is 0 Å². The Morgan fingerprint density at radius 3 is 2.42 bits per heavy atom. The molecule has 0 aromatic heterocycles. The van der Waals surface area contributed by atoms with Crippen LogP contribution in [0.3, 0.4) is 0 Å². The molecule has 0 bridgehead atoms. The van der Waals surface area contributed by atoms with Gasteiger partial charge >= 0.3 is 0 Å². The predicted octanol–water partition coefficient (Wildman–Crippen LogP) is 4.89. The zero-order valence-electron chi connectivity index (χ0n) is 15.7. The first-order chi connectivity index (χ1) is 12.6. The van der Waals surface area contributed by atoms with Gasteiger partial charge in [-0.1, -0.05) is 37.3 Å². The van der Waals surface area contributed by atoms with E-state index in [2.05, 4.69) is 41.4 Å². The van der Waals surface area contributed by atoms with E-state index in [0.29, 0.717) is 5.75 Å². The molecule has 138 valence electrons. The van der Waals surface area contributed by atoms with Crippen molar-refractivity contribution in [1.29, 1.82) is 0 Å². The number of benzene rings is 2. The molecule has 0 spiro atoms. The van der Waals surface area contributed by atoms with Crippen molar-refractivity contribution in [2.24, 2.45) is 5.92 Å². The van der Waals surface area contributed by atoms with Crippen LogP contribution in [0.4, 0.5) is 5.69 Å². The zero-order chi connectivity index (χ0) is 18.4. The van der Waals surface area contributed by atoms with E-state index in [9.17, 15) is 4.79 Å². The number of amides is 1. The fraction of sp³-hybridized carbons (Fsp3) is 0.409. The van der Waals surface area contributed by atoms with Gasteiger partial charge in [0.25, 0.3) is 0 Å². The van der Waals surface area contributed by atoms with E-state index in [4.69, 9.17) is 0 Å². The van der Waals surface area contributed by atoms with Gasteiger partial charge in [-0.15, -0.1) is 11.8 Å². The summed E-state index contributed by atoms with van der Waals surface area (Å²) in [5, 5.41) is 3.10. The van der Waals surface area contributed by atoms with Gasteiger partial charge in [-0.2, -0.15) is 0 Å². The Bertz CT molecular complexity index is 694. The lowest BCUT2D eigenvalue weighted by Gasteiger charge is -2.32. The quantitative estimate of drug-likeness (QED) is 0.737. The van der Waals surface area contributed by atoms with E-state index in [1.54, 1.807) is 11.8 Å². The molecular weight excluding hydrogens is 340 g/mol. The summed E-state index contributed by atoms with van der Waals surface area (Å²) in [7, 11) is 0. The van der Waals surface area contributed by atoms with Gasteiger partial charge in [0.2, 0.25) is 5.91 Å². The summed E-state index contributed by atoms with van der Waals surface area (Å²) in [5.41, 5.74) is 2.44. The lowest BCUT2D eigenvalue weighted by molar-refractivity contribution is -0.119. The summed E-state index contributed by atoms with van der Waals surface area (Å²) >= 11 is 1.57. The smallest absolute Gasteiger partial charge is 0.230 e. The first-order valence-corrected chi connectivity index (χ1v) is 10.4. The van der Waals surface area contributed by atoms with Crippen LogP contribution in [0.5, 0.6) is 0 Å². The number of rotatable bonds is 6. The molecule has 26 heavy (non-hydrogen) atoms. The van der Waals surface area contributed by atoms with Gasteiger partial charge in [0.1, 0.15) is 0 Å². The third-order valence-corrected chi connectivity index (χ3v) is 6.04. The molecule has 1 atom stereocenters. The number of piperidine rings is 1. The summed E-state index contributed by atoms with van der Waals surface area (Å²) in [6.45, 7) is 6.66. The highest BCUT2D eigenvalue weighted by molar-refractivity contribution is 8.00. The fourth-order valence-corrected chi connectivity index (χ4v) is 4.00. The fourth-order valence-electron chi connectivity index (χ4n) is 3.27. The third-order valence-electron chi connectivity index (χ3n) is 5.03. The summed E-state index contributed by atoms with van der Waals surface area (Å²) in [6.07, 6.45) is 2.54. The number of hydrogen-bond acceptors (Lipinski definition) is 3. The molecule has 0 radical (unpaired) electrons. The molecule has 1 aliphatic heterocycles. The van der Waals surface area contributed by atoms with Gasteiger partial charge < -0.3 is 10.2 Å². The van der Waals surface area contributed by atoms with Crippen LogP contribution in [0.15, 0.2) is 59.5 Å². The van der Waals surface area contributed by atoms with Crippen molar-refractivity contribution in [3.05, 3.63) is 60.2 Å². The molecule has 4 heteroatoms. The van der Waals surface area contributed by atoms with Crippen LogP contribution in [0.25, 0.3) is 0 Å².